The van der Waals surface area contributed by atoms with Gasteiger partial charge in [-0.3, -0.25) is 0 Å². The van der Waals surface area contributed by atoms with Crippen molar-refractivity contribution in [2.75, 3.05) is 13.2 Å². The molecule has 0 aliphatic heterocycles. The summed E-state index contributed by atoms with van der Waals surface area (Å²) in [5.41, 5.74) is 1.15. The molecule has 3 N–H and O–H groups in total. The van der Waals surface area contributed by atoms with Crippen LogP contribution in [0.4, 0.5) is 4.79 Å². The molecule has 0 aromatic heterocycles. The number of carbonyl (C=O) groups is 1. The van der Waals surface area contributed by atoms with E-state index in [9.17, 15) is 9.90 Å². The minimum atomic E-state index is -0.196. The monoisotopic (exact) mass is 306 g/mol. The largest absolute Gasteiger partial charge is 0.494 e. The number of carbonyl (C=O) groups excluding carboxylic acids is 1. The molecule has 1 saturated carbocycles. The maximum Gasteiger partial charge on any atom is 0.315 e. The minimum absolute atomic E-state index is 0.123. The summed E-state index contributed by atoms with van der Waals surface area (Å²) in [5.74, 6) is 0.866. The zero-order valence-electron chi connectivity index (χ0n) is 13.2. The average Bonchev–Trinajstić information content (AvgIpc) is 2.50. The van der Waals surface area contributed by atoms with Crippen molar-refractivity contribution in [3.63, 3.8) is 0 Å². The van der Waals surface area contributed by atoms with E-state index in [4.69, 9.17) is 4.74 Å². The highest BCUT2D eigenvalue weighted by Crippen LogP contribution is 2.18. The number of hydrogen-bond donors (Lipinski definition) is 3. The molecule has 0 radical (unpaired) electrons. The summed E-state index contributed by atoms with van der Waals surface area (Å²) >= 11 is 0. The molecule has 5 heteroatoms. The quantitative estimate of drug-likeness (QED) is 0.755. The first-order valence-electron chi connectivity index (χ1n) is 8.11. The van der Waals surface area contributed by atoms with Crippen LogP contribution < -0.4 is 15.4 Å². The van der Waals surface area contributed by atoms with Crippen molar-refractivity contribution < 1.29 is 14.6 Å². The van der Waals surface area contributed by atoms with Crippen molar-refractivity contribution in [3.05, 3.63) is 29.8 Å². The Morgan fingerprint density at radius 3 is 2.82 bits per heavy atom. The summed E-state index contributed by atoms with van der Waals surface area (Å²) in [6.07, 6.45) is 3.83. The molecule has 0 heterocycles. The standard InChI is InChI=1S/C17H26N2O3/c1-2-22-16-5-3-4-13(12-16)10-11-18-17(21)19-14-6-8-15(20)9-7-14/h3-5,12,14-15,20H,2,6-11H2,1H3,(H2,18,19,21). The van der Waals surface area contributed by atoms with Crippen LogP contribution in [0.3, 0.4) is 0 Å². The molecule has 1 aromatic rings. The van der Waals surface area contributed by atoms with Gasteiger partial charge < -0.3 is 20.5 Å². The number of nitrogens with one attached hydrogen (secondary N) is 2. The fraction of sp³-hybridized carbons (Fsp3) is 0.588. The van der Waals surface area contributed by atoms with Gasteiger partial charge in [0.1, 0.15) is 5.75 Å². The molecule has 5 nitrogen and oxygen atoms in total. The summed E-state index contributed by atoms with van der Waals surface area (Å²) in [5, 5.41) is 15.3. The van der Waals surface area contributed by atoms with Gasteiger partial charge in [0.15, 0.2) is 0 Å². The number of urea groups is 1. The lowest BCUT2D eigenvalue weighted by molar-refractivity contribution is 0.117. The highest BCUT2D eigenvalue weighted by molar-refractivity contribution is 5.74. The second kappa shape index (κ2) is 8.63. The SMILES string of the molecule is CCOc1cccc(CCNC(=O)NC2CCC(O)CC2)c1. The second-order valence-corrected chi connectivity index (χ2v) is 5.74. The number of aliphatic hydroxyl groups excluding tert-OH is 1. The molecular weight excluding hydrogens is 280 g/mol. The lowest BCUT2D eigenvalue weighted by atomic mass is 9.93. The molecule has 2 amide bonds. The van der Waals surface area contributed by atoms with Gasteiger partial charge in [0.05, 0.1) is 12.7 Å². The van der Waals surface area contributed by atoms with Gasteiger partial charge in [0, 0.05) is 12.6 Å². The third kappa shape index (κ3) is 5.56. The van der Waals surface area contributed by atoms with Gasteiger partial charge in [0.2, 0.25) is 0 Å². The Morgan fingerprint density at radius 2 is 2.09 bits per heavy atom. The Hall–Kier alpha value is -1.75. The van der Waals surface area contributed by atoms with Gasteiger partial charge in [-0.15, -0.1) is 0 Å². The van der Waals surface area contributed by atoms with E-state index in [-0.39, 0.29) is 18.2 Å². The molecule has 0 spiro atoms. The molecule has 1 aliphatic rings. The predicted octanol–water partition coefficient (Wildman–Crippen LogP) is 2.23. The summed E-state index contributed by atoms with van der Waals surface area (Å²) in [6, 6.07) is 8.00. The number of hydrogen-bond acceptors (Lipinski definition) is 3. The smallest absolute Gasteiger partial charge is 0.315 e. The van der Waals surface area contributed by atoms with E-state index in [1.165, 1.54) is 0 Å². The Bertz CT molecular complexity index is 471. The van der Waals surface area contributed by atoms with Crippen LogP contribution in [0.2, 0.25) is 0 Å². The van der Waals surface area contributed by atoms with Crippen molar-refractivity contribution in [2.24, 2.45) is 0 Å². The molecular formula is C17H26N2O3. The fourth-order valence-electron chi connectivity index (χ4n) is 2.73. The number of aliphatic hydroxyl groups is 1. The summed E-state index contributed by atoms with van der Waals surface area (Å²) in [6.45, 7) is 3.21. The zero-order valence-corrected chi connectivity index (χ0v) is 13.2. The third-order valence-corrected chi connectivity index (χ3v) is 3.94. The van der Waals surface area contributed by atoms with E-state index < -0.39 is 0 Å². The Kier molecular flexibility index (Phi) is 6.52. The van der Waals surface area contributed by atoms with Crippen LogP contribution in [0, 0.1) is 0 Å². The predicted molar refractivity (Wildman–Crippen MR) is 86.1 cm³/mol. The van der Waals surface area contributed by atoms with Crippen molar-refractivity contribution in [3.8, 4) is 5.75 Å². The van der Waals surface area contributed by atoms with Gasteiger partial charge >= 0.3 is 6.03 Å². The lowest BCUT2D eigenvalue weighted by Gasteiger charge is -2.26. The van der Waals surface area contributed by atoms with Gasteiger partial charge in [-0.2, -0.15) is 0 Å². The van der Waals surface area contributed by atoms with E-state index in [2.05, 4.69) is 10.6 Å². The molecule has 0 unspecified atom stereocenters. The molecule has 22 heavy (non-hydrogen) atoms. The highest BCUT2D eigenvalue weighted by atomic mass is 16.5. The molecule has 122 valence electrons. The molecule has 0 bridgehead atoms. The van der Waals surface area contributed by atoms with Crippen LogP contribution in [-0.2, 0) is 6.42 Å². The molecule has 0 saturated heterocycles. The normalized spacial score (nSPS) is 21.2. The highest BCUT2D eigenvalue weighted by Gasteiger charge is 2.20. The molecule has 0 atom stereocenters. The minimum Gasteiger partial charge on any atom is -0.494 e. The van der Waals surface area contributed by atoms with Crippen LogP contribution in [0.1, 0.15) is 38.2 Å². The fourth-order valence-corrected chi connectivity index (χ4v) is 2.73. The van der Waals surface area contributed by atoms with Crippen molar-refractivity contribution in [1.82, 2.24) is 10.6 Å². The van der Waals surface area contributed by atoms with Crippen LogP contribution in [0.25, 0.3) is 0 Å². The van der Waals surface area contributed by atoms with Gasteiger partial charge in [0.25, 0.3) is 0 Å². The second-order valence-electron chi connectivity index (χ2n) is 5.74. The molecule has 1 aromatic carbocycles. The van der Waals surface area contributed by atoms with E-state index in [1.807, 2.05) is 31.2 Å². The number of amides is 2. The third-order valence-electron chi connectivity index (χ3n) is 3.94. The van der Waals surface area contributed by atoms with E-state index in [1.54, 1.807) is 0 Å². The number of rotatable bonds is 6. The molecule has 1 fully saturated rings. The Balaban J connectivity index is 1.67. The van der Waals surface area contributed by atoms with Crippen molar-refractivity contribution in [2.45, 2.75) is 51.2 Å². The van der Waals surface area contributed by atoms with Gasteiger partial charge in [-0.25, -0.2) is 4.79 Å². The zero-order chi connectivity index (χ0) is 15.8. The Morgan fingerprint density at radius 1 is 1.32 bits per heavy atom. The van der Waals surface area contributed by atoms with E-state index >= 15 is 0 Å². The van der Waals surface area contributed by atoms with E-state index in [0.717, 1.165) is 43.4 Å². The van der Waals surface area contributed by atoms with Crippen LogP contribution >= 0.6 is 0 Å². The van der Waals surface area contributed by atoms with Crippen molar-refractivity contribution in [1.29, 1.82) is 0 Å². The first-order chi connectivity index (χ1) is 10.7. The maximum absolute atomic E-state index is 11.8. The van der Waals surface area contributed by atoms with Crippen LogP contribution in [0.15, 0.2) is 24.3 Å². The molecule has 1 aliphatic carbocycles. The number of ether oxygens (including phenoxy) is 1. The van der Waals surface area contributed by atoms with Gasteiger partial charge in [-0.1, -0.05) is 12.1 Å². The first kappa shape index (κ1) is 16.6. The first-order valence-corrected chi connectivity index (χ1v) is 8.11. The average molecular weight is 306 g/mol. The topological polar surface area (TPSA) is 70.6 Å². The molecule has 2 rings (SSSR count). The summed E-state index contributed by atoms with van der Waals surface area (Å²) < 4.78 is 5.46. The Labute approximate surface area is 132 Å². The number of benzene rings is 1. The maximum atomic E-state index is 11.8. The van der Waals surface area contributed by atoms with Crippen LogP contribution in [0.5, 0.6) is 5.75 Å². The summed E-state index contributed by atoms with van der Waals surface area (Å²) in [7, 11) is 0. The van der Waals surface area contributed by atoms with Gasteiger partial charge in [-0.05, 0) is 56.7 Å². The van der Waals surface area contributed by atoms with Crippen molar-refractivity contribution >= 4 is 6.03 Å². The van der Waals surface area contributed by atoms with Crippen LogP contribution in [-0.4, -0.2) is 36.4 Å². The van der Waals surface area contributed by atoms with E-state index in [0.29, 0.717) is 13.2 Å². The summed E-state index contributed by atoms with van der Waals surface area (Å²) in [4.78, 5) is 11.8. The lowest BCUT2D eigenvalue weighted by Crippen LogP contribution is -2.44.